The van der Waals surface area contributed by atoms with Gasteiger partial charge < -0.3 is 9.73 Å². The summed E-state index contributed by atoms with van der Waals surface area (Å²) in [6.45, 7) is 0. The summed E-state index contributed by atoms with van der Waals surface area (Å²) in [5, 5.41) is 0. The average Bonchev–Trinajstić information content (AvgIpc) is 1.68. The van der Waals surface area contributed by atoms with Gasteiger partial charge in [0.25, 0.3) is 0 Å². The van der Waals surface area contributed by atoms with Crippen molar-refractivity contribution < 1.29 is 31.9 Å². The van der Waals surface area contributed by atoms with Crippen LogP contribution in [-0.2, 0) is 31.9 Å². The molecule has 0 amide bonds. The first-order chi connectivity index (χ1) is 3.31. The zero-order valence-corrected chi connectivity index (χ0v) is 6.73. The maximum atomic E-state index is 9.98. The van der Waals surface area contributed by atoms with Gasteiger partial charge in [-0.2, -0.15) is 0 Å². The second-order valence-corrected chi connectivity index (χ2v) is 0.827. The van der Waals surface area contributed by atoms with Crippen LogP contribution in [-0.4, -0.2) is 26.3 Å². The molecule has 0 rings (SSSR count). The second-order valence-electron chi connectivity index (χ2n) is 0.827. The minimum absolute atomic E-state index is 0. The van der Waals surface area contributed by atoms with Crippen molar-refractivity contribution in [1.82, 2.24) is 0 Å². The second kappa shape index (κ2) is 6.88. The van der Waals surface area contributed by atoms with E-state index in [-0.39, 0.29) is 22.4 Å². The van der Waals surface area contributed by atoms with E-state index in [0.29, 0.717) is 0 Å². The standard InChI is InChI=1S/C4H6NO2.Au/c1-5-3-4(6)7-2;/h1-2H3;/q-1;+1. The number of hydrogen-bond acceptors (Lipinski definition) is 3. The summed E-state index contributed by atoms with van der Waals surface area (Å²) >= 11 is 0. The Hall–Kier alpha value is -0.120. The monoisotopic (exact) mass is 297 g/mol. The SMILES string of the molecule is CN=[C-]C(=O)OC.[Au+]. The fourth-order valence-corrected chi connectivity index (χ4v) is 0.137. The molecule has 0 fully saturated rings. The van der Waals surface area contributed by atoms with Crippen LogP contribution in [0, 0.1) is 0 Å². The van der Waals surface area contributed by atoms with E-state index in [1.165, 1.54) is 14.2 Å². The third-order valence-electron chi connectivity index (χ3n) is 0.388. The summed E-state index contributed by atoms with van der Waals surface area (Å²) in [5.74, 6) is -0.539. The van der Waals surface area contributed by atoms with Gasteiger partial charge in [0, 0.05) is 0 Å². The first-order valence-corrected chi connectivity index (χ1v) is 1.74. The van der Waals surface area contributed by atoms with Crippen molar-refractivity contribution in [3.63, 3.8) is 0 Å². The molecule has 0 atom stereocenters. The Kier molecular flexibility index (Phi) is 9.28. The van der Waals surface area contributed by atoms with Crippen molar-refractivity contribution in [2.75, 3.05) is 14.2 Å². The van der Waals surface area contributed by atoms with Crippen LogP contribution in [0.4, 0.5) is 0 Å². The van der Waals surface area contributed by atoms with Gasteiger partial charge in [-0.05, 0) is 7.05 Å². The number of hydrogen-bond donors (Lipinski definition) is 0. The normalized spacial score (nSPS) is 8.25. The molecule has 0 aliphatic heterocycles. The van der Waals surface area contributed by atoms with E-state index in [9.17, 15) is 4.79 Å². The Morgan fingerprint density at radius 3 is 2.38 bits per heavy atom. The van der Waals surface area contributed by atoms with Crippen molar-refractivity contribution in [3.05, 3.63) is 0 Å². The molecule has 0 aromatic rings. The number of rotatable bonds is 1. The Morgan fingerprint density at radius 2 is 2.25 bits per heavy atom. The summed E-state index contributed by atoms with van der Waals surface area (Å²) in [4.78, 5) is 13.3. The fraction of sp³-hybridized carbons (Fsp3) is 0.500. The van der Waals surface area contributed by atoms with E-state index in [1.54, 1.807) is 0 Å². The smallest absolute Gasteiger partial charge is 0.495 e. The topological polar surface area (TPSA) is 38.7 Å². The van der Waals surface area contributed by atoms with E-state index in [2.05, 4.69) is 15.9 Å². The van der Waals surface area contributed by atoms with Crippen LogP contribution in [0.15, 0.2) is 4.99 Å². The third-order valence-corrected chi connectivity index (χ3v) is 0.388. The predicted molar refractivity (Wildman–Crippen MR) is 25.4 cm³/mol. The van der Waals surface area contributed by atoms with Gasteiger partial charge in [0.2, 0.25) is 0 Å². The first-order valence-electron chi connectivity index (χ1n) is 1.74. The Labute approximate surface area is 63.6 Å². The maximum Gasteiger partial charge on any atom is 1.00 e. The van der Waals surface area contributed by atoms with Gasteiger partial charge in [-0.25, -0.2) is 0 Å². The van der Waals surface area contributed by atoms with Crippen molar-refractivity contribution in [2.45, 2.75) is 0 Å². The molecule has 0 aromatic carbocycles. The van der Waals surface area contributed by atoms with Crippen molar-refractivity contribution in [3.8, 4) is 0 Å². The average molecular weight is 297 g/mol. The number of esters is 1. The van der Waals surface area contributed by atoms with Crippen LogP contribution < -0.4 is 0 Å². The zero-order chi connectivity index (χ0) is 5.70. The molecule has 0 N–H and O–H groups in total. The fourth-order valence-electron chi connectivity index (χ4n) is 0.137. The molecule has 0 aliphatic rings. The van der Waals surface area contributed by atoms with Gasteiger partial charge in [0.15, 0.2) is 5.97 Å². The summed E-state index contributed by atoms with van der Waals surface area (Å²) in [6.07, 6.45) is 2.06. The van der Waals surface area contributed by atoms with E-state index < -0.39 is 5.97 Å². The van der Waals surface area contributed by atoms with Crippen LogP contribution in [0.1, 0.15) is 0 Å². The van der Waals surface area contributed by atoms with Gasteiger partial charge in [0.1, 0.15) is 0 Å². The zero-order valence-electron chi connectivity index (χ0n) is 4.57. The molecular formula is C4H6AuNO2. The molecule has 0 heterocycles. The molecule has 0 unspecified atom stereocenters. The molecule has 0 aliphatic carbocycles. The number of methoxy groups -OCH3 is 1. The van der Waals surface area contributed by atoms with Crippen LogP contribution in [0.5, 0.6) is 0 Å². The largest absolute Gasteiger partial charge is 1.00 e. The molecule has 4 heteroatoms. The third kappa shape index (κ3) is 5.88. The molecule has 0 radical (unpaired) electrons. The quantitative estimate of drug-likeness (QED) is 0.289. The number of carbonyl (C=O) groups excluding carboxylic acids is 1. The molecule has 0 bridgehead atoms. The molecule has 0 saturated heterocycles. The van der Waals surface area contributed by atoms with Crippen molar-refractivity contribution in [2.24, 2.45) is 4.99 Å². The van der Waals surface area contributed by atoms with E-state index >= 15 is 0 Å². The van der Waals surface area contributed by atoms with Crippen LogP contribution in [0.2, 0.25) is 0 Å². The molecular weight excluding hydrogens is 291 g/mol. The minimum atomic E-state index is -0.539. The Bertz CT molecular complexity index is 92.0. The molecule has 0 aromatic heterocycles. The van der Waals surface area contributed by atoms with E-state index in [1.807, 2.05) is 0 Å². The summed E-state index contributed by atoms with van der Waals surface area (Å²) < 4.78 is 4.15. The maximum absolute atomic E-state index is 9.98. The van der Waals surface area contributed by atoms with Crippen LogP contribution in [0.3, 0.4) is 0 Å². The van der Waals surface area contributed by atoms with Gasteiger partial charge in [-0.3, -0.25) is 11.0 Å². The van der Waals surface area contributed by atoms with Crippen molar-refractivity contribution >= 4 is 12.2 Å². The Morgan fingerprint density at radius 1 is 1.75 bits per heavy atom. The molecule has 0 saturated carbocycles. The molecule has 8 heavy (non-hydrogen) atoms. The number of aliphatic imine (C=N–C) groups is 1. The van der Waals surface area contributed by atoms with E-state index in [0.717, 1.165) is 0 Å². The molecule has 3 nitrogen and oxygen atoms in total. The predicted octanol–water partition coefficient (Wildman–Crippen LogP) is -0.266. The van der Waals surface area contributed by atoms with Gasteiger partial charge in [-0.1, -0.05) is 0 Å². The Balaban J connectivity index is 0. The first kappa shape index (κ1) is 10.8. The van der Waals surface area contributed by atoms with Gasteiger partial charge >= 0.3 is 22.4 Å². The minimum Gasteiger partial charge on any atom is -0.495 e. The van der Waals surface area contributed by atoms with Crippen LogP contribution in [0.25, 0.3) is 0 Å². The van der Waals surface area contributed by atoms with Crippen LogP contribution >= 0.6 is 0 Å². The number of carbonyl (C=O) groups is 1. The summed E-state index contributed by atoms with van der Waals surface area (Å²) in [5.41, 5.74) is 0. The summed E-state index contributed by atoms with van der Waals surface area (Å²) in [6, 6.07) is 0. The number of ether oxygens (including phenoxy) is 1. The molecule has 50 valence electrons. The van der Waals surface area contributed by atoms with Gasteiger partial charge in [0.05, 0.1) is 7.11 Å². The van der Waals surface area contributed by atoms with E-state index in [4.69, 9.17) is 0 Å². The number of nitrogens with zero attached hydrogens (tertiary/aromatic N) is 1. The summed E-state index contributed by atoms with van der Waals surface area (Å²) in [7, 11) is 2.73. The van der Waals surface area contributed by atoms with Gasteiger partial charge in [-0.15, -0.1) is 0 Å². The van der Waals surface area contributed by atoms with Crippen molar-refractivity contribution in [1.29, 1.82) is 0 Å². The molecule has 0 spiro atoms.